The van der Waals surface area contributed by atoms with Gasteiger partial charge in [-0.15, -0.1) is 0 Å². The zero-order chi connectivity index (χ0) is 26.4. The number of nitrogens with zero attached hydrogens (tertiary/aromatic N) is 3. The maximum atomic E-state index is 12.9. The Morgan fingerprint density at radius 2 is 1.72 bits per heavy atom. The van der Waals surface area contributed by atoms with E-state index in [2.05, 4.69) is 15.3 Å². The highest BCUT2D eigenvalue weighted by molar-refractivity contribution is 5.84. The van der Waals surface area contributed by atoms with Gasteiger partial charge in [0.2, 0.25) is 0 Å². The molecule has 0 bridgehead atoms. The SMILES string of the molecule is CCCn1c(=O)c2[nH]c(C(C)Cc3ccc(OCC(=O)N[C@@H](C)C(=O)O)cc3)nc2n(CCC)c1=O. The van der Waals surface area contributed by atoms with E-state index >= 15 is 0 Å². The Bertz CT molecular complexity index is 1340. The molecular formula is C25H33N5O6. The fourth-order valence-corrected chi connectivity index (χ4v) is 3.93. The van der Waals surface area contributed by atoms with Gasteiger partial charge in [0.05, 0.1) is 0 Å². The van der Waals surface area contributed by atoms with Gasteiger partial charge in [-0.25, -0.2) is 9.78 Å². The number of fused-ring (bicyclic) bond motifs is 1. The molecule has 0 saturated heterocycles. The van der Waals surface area contributed by atoms with Crippen molar-refractivity contribution < 1.29 is 19.4 Å². The summed E-state index contributed by atoms with van der Waals surface area (Å²) >= 11 is 0. The molecule has 0 spiro atoms. The van der Waals surface area contributed by atoms with E-state index in [1.165, 1.54) is 11.5 Å². The quantitative estimate of drug-likeness (QED) is 0.345. The van der Waals surface area contributed by atoms with Crippen LogP contribution in [0.2, 0.25) is 0 Å². The second kappa shape index (κ2) is 11.7. The molecule has 0 radical (unpaired) electrons. The number of aliphatic carboxylic acids is 1. The predicted molar refractivity (Wildman–Crippen MR) is 134 cm³/mol. The van der Waals surface area contributed by atoms with Crippen LogP contribution < -0.4 is 21.3 Å². The van der Waals surface area contributed by atoms with E-state index in [0.717, 1.165) is 12.0 Å². The molecule has 2 atom stereocenters. The standard InChI is InChI=1S/C25H33N5O6/c1-5-11-29-22-20(23(32)30(12-6-2)25(29)35)27-21(28-22)15(3)13-17-7-9-18(10-8-17)36-14-19(31)26-16(4)24(33)34/h7-10,15-16H,5-6,11-14H2,1-4H3,(H,26,31)(H,27,28)(H,33,34)/t15?,16-/m0/s1. The molecule has 3 rings (SSSR count). The van der Waals surface area contributed by atoms with E-state index in [9.17, 15) is 19.2 Å². The van der Waals surface area contributed by atoms with Crippen LogP contribution in [0, 0.1) is 0 Å². The van der Waals surface area contributed by atoms with Crippen LogP contribution in [0.15, 0.2) is 33.9 Å². The molecule has 36 heavy (non-hydrogen) atoms. The molecule has 0 aliphatic rings. The molecule has 11 heteroatoms. The first-order valence-corrected chi connectivity index (χ1v) is 12.1. The Kier molecular flexibility index (Phi) is 8.68. The van der Waals surface area contributed by atoms with Gasteiger partial charge in [0.25, 0.3) is 11.5 Å². The highest BCUT2D eigenvalue weighted by Gasteiger charge is 2.19. The Morgan fingerprint density at radius 3 is 2.33 bits per heavy atom. The van der Waals surface area contributed by atoms with Crippen molar-refractivity contribution in [2.24, 2.45) is 0 Å². The largest absolute Gasteiger partial charge is 0.484 e. The molecule has 0 aliphatic heterocycles. The summed E-state index contributed by atoms with van der Waals surface area (Å²) in [4.78, 5) is 56.2. The number of carbonyl (C=O) groups excluding carboxylic acids is 1. The van der Waals surface area contributed by atoms with E-state index in [0.29, 0.717) is 48.7 Å². The molecule has 194 valence electrons. The maximum Gasteiger partial charge on any atom is 0.332 e. The average Bonchev–Trinajstić information content (AvgIpc) is 3.30. The van der Waals surface area contributed by atoms with Crippen LogP contribution in [0.5, 0.6) is 5.75 Å². The van der Waals surface area contributed by atoms with Gasteiger partial charge in [-0.1, -0.05) is 32.9 Å². The summed E-state index contributed by atoms with van der Waals surface area (Å²) in [5.74, 6) is -0.589. The van der Waals surface area contributed by atoms with Crippen molar-refractivity contribution in [2.45, 2.75) is 72.0 Å². The molecule has 3 N–H and O–H groups in total. The van der Waals surface area contributed by atoms with Gasteiger partial charge >= 0.3 is 11.7 Å². The lowest BCUT2D eigenvalue weighted by Crippen LogP contribution is -2.40. The third kappa shape index (κ3) is 6.02. The first-order valence-electron chi connectivity index (χ1n) is 12.1. The molecule has 1 unspecified atom stereocenters. The van der Waals surface area contributed by atoms with Crippen molar-refractivity contribution in [3.8, 4) is 5.75 Å². The summed E-state index contributed by atoms with van der Waals surface area (Å²) in [6.45, 7) is 7.81. The highest BCUT2D eigenvalue weighted by Crippen LogP contribution is 2.21. The molecule has 11 nitrogen and oxygen atoms in total. The molecule has 2 heterocycles. The zero-order valence-corrected chi connectivity index (χ0v) is 21.0. The molecule has 0 fully saturated rings. The monoisotopic (exact) mass is 499 g/mol. The molecular weight excluding hydrogens is 466 g/mol. The minimum absolute atomic E-state index is 0.0587. The smallest absolute Gasteiger partial charge is 0.332 e. The molecule has 2 aromatic heterocycles. The summed E-state index contributed by atoms with van der Waals surface area (Å²) in [7, 11) is 0. The van der Waals surface area contributed by atoms with E-state index in [1.54, 1.807) is 16.7 Å². The van der Waals surface area contributed by atoms with Crippen molar-refractivity contribution in [3.63, 3.8) is 0 Å². The summed E-state index contributed by atoms with van der Waals surface area (Å²) in [5, 5.41) is 11.2. The number of carbonyl (C=O) groups is 2. The van der Waals surface area contributed by atoms with E-state index < -0.39 is 17.9 Å². The first-order chi connectivity index (χ1) is 17.2. The molecule has 1 aromatic carbocycles. The van der Waals surface area contributed by atoms with Crippen LogP contribution >= 0.6 is 0 Å². The number of H-pyrrole nitrogens is 1. The molecule has 0 saturated carbocycles. The number of aromatic nitrogens is 4. The van der Waals surface area contributed by atoms with E-state index in [-0.39, 0.29) is 23.8 Å². The van der Waals surface area contributed by atoms with E-state index in [1.807, 2.05) is 32.9 Å². The lowest BCUT2D eigenvalue weighted by molar-refractivity contribution is -0.141. The second-order valence-corrected chi connectivity index (χ2v) is 8.88. The number of carboxylic acids is 1. The lowest BCUT2D eigenvalue weighted by atomic mass is 10.0. The summed E-state index contributed by atoms with van der Waals surface area (Å²) in [6, 6.07) is 6.21. The van der Waals surface area contributed by atoms with E-state index in [4.69, 9.17) is 9.84 Å². The Balaban J connectivity index is 1.73. The molecule has 3 aromatic rings. The number of rotatable bonds is 12. The van der Waals surface area contributed by atoms with Crippen LogP contribution in [0.1, 0.15) is 57.8 Å². The van der Waals surface area contributed by atoms with Crippen LogP contribution in [0.25, 0.3) is 11.2 Å². The van der Waals surface area contributed by atoms with Crippen molar-refractivity contribution in [1.82, 2.24) is 24.4 Å². The fourth-order valence-electron chi connectivity index (χ4n) is 3.93. The van der Waals surface area contributed by atoms with Crippen molar-refractivity contribution in [1.29, 1.82) is 0 Å². The Labute approximate surface area is 208 Å². The number of hydrogen-bond donors (Lipinski definition) is 3. The number of aryl methyl sites for hydroxylation is 1. The van der Waals surface area contributed by atoms with Gasteiger partial charge in [-0.2, -0.15) is 0 Å². The predicted octanol–water partition coefficient (Wildman–Crippen LogP) is 2.02. The number of imidazole rings is 1. The molecule has 1 amide bonds. The number of ether oxygens (including phenoxy) is 1. The average molecular weight is 500 g/mol. The van der Waals surface area contributed by atoms with Crippen molar-refractivity contribution in [3.05, 3.63) is 56.5 Å². The number of nitrogens with one attached hydrogen (secondary N) is 2. The third-order valence-electron chi connectivity index (χ3n) is 5.82. The van der Waals surface area contributed by atoms with Crippen molar-refractivity contribution >= 4 is 23.0 Å². The van der Waals surface area contributed by atoms with Gasteiger partial charge in [0, 0.05) is 19.0 Å². The lowest BCUT2D eigenvalue weighted by Gasteiger charge is -2.11. The van der Waals surface area contributed by atoms with Crippen LogP contribution in [0.4, 0.5) is 0 Å². The van der Waals surface area contributed by atoms with Crippen LogP contribution in [0.3, 0.4) is 0 Å². The maximum absolute atomic E-state index is 12.9. The molecule has 0 aliphatic carbocycles. The minimum Gasteiger partial charge on any atom is -0.484 e. The number of hydrogen-bond acceptors (Lipinski definition) is 6. The Hall–Kier alpha value is -3.89. The fraction of sp³-hybridized carbons (Fsp3) is 0.480. The third-order valence-corrected chi connectivity index (χ3v) is 5.82. The van der Waals surface area contributed by atoms with Crippen molar-refractivity contribution in [2.75, 3.05) is 6.61 Å². The number of carboxylic acid groups (broad SMARTS) is 1. The van der Waals surface area contributed by atoms with Crippen LogP contribution in [-0.2, 0) is 29.1 Å². The first kappa shape index (κ1) is 26.7. The number of aromatic amines is 1. The van der Waals surface area contributed by atoms with Gasteiger partial charge in [-0.3, -0.25) is 23.5 Å². The summed E-state index contributed by atoms with van der Waals surface area (Å²) in [6.07, 6.45) is 2.04. The normalized spacial score (nSPS) is 12.9. The van der Waals surface area contributed by atoms with Crippen LogP contribution in [-0.4, -0.2) is 48.7 Å². The number of benzene rings is 1. The second-order valence-electron chi connectivity index (χ2n) is 8.88. The minimum atomic E-state index is -1.12. The van der Waals surface area contributed by atoms with Gasteiger partial charge in [0.1, 0.15) is 23.1 Å². The number of amides is 1. The van der Waals surface area contributed by atoms with Gasteiger partial charge in [-0.05, 0) is 43.9 Å². The summed E-state index contributed by atoms with van der Waals surface area (Å²) < 4.78 is 8.27. The van der Waals surface area contributed by atoms with Gasteiger partial charge in [0.15, 0.2) is 12.3 Å². The Morgan fingerprint density at radius 1 is 1.08 bits per heavy atom. The topological polar surface area (TPSA) is 148 Å². The highest BCUT2D eigenvalue weighted by atomic mass is 16.5. The summed E-state index contributed by atoms with van der Waals surface area (Å²) in [5.41, 5.74) is 1.05. The zero-order valence-electron chi connectivity index (χ0n) is 21.0. The van der Waals surface area contributed by atoms with Gasteiger partial charge < -0.3 is 20.1 Å².